The molecule has 4 N–H and O–H groups in total. The standard InChI is InChI=1S/C15H22N2O3/c1-20-13-9-11(16)5-6-12(13)14(18)17-10-15(19)7-3-2-4-8-15/h5-6,9,19H,2-4,7-8,10,16H2,1H3,(H,17,18). The minimum Gasteiger partial charge on any atom is -0.496 e. The third-order valence-corrected chi connectivity index (χ3v) is 3.83. The summed E-state index contributed by atoms with van der Waals surface area (Å²) in [6.45, 7) is 0.277. The van der Waals surface area contributed by atoms with E-state index in [1.807, 2.05) is 0 Å². The highest BCUT2D eigenvalue weighted by Crippen LogP contribution is 2.27. The molecule has 0 heterocycles. The van der Waals surface area contributed by atoms with Crippen molar-refractivity contribution in [1.29, 1.82) is 0 Å². The smallest absolute Gasteiger partial charge is 0.255 e. The Bertz CT molecular complexity index is 482. The predicted molar refractivity (Wildman–Crippen MR) is 77.8 cm³/mol. The van der Waals surface area contributed by atoms with Gasteiger partial charge in [0.05, 0.1) is 18.3 Å². The van der Waals surface area contributed by atoms with Crippen molar-refractivity contribution in [1.82, 2.24) is 5.32 Å². The first-order valence-corrected chi connectivity index (χ1v) is 6.98. The molecule has 1 saturated carbocycles. The van der Waals surface area contributed by atoms with E-state index in [1.165, 1.54) is 7.11 Å². The van der Waals surface area contributed by atoms with Crippen LogP contribution in [0.1, 0.15) is 42.5 Å². The largest absolute Gasteiger partial charge is 0.496 e. The summed E-state index contributed by atoms with van der Waals surface area (Å²) in [5.41, 5.74) is 5.87. The van der Waals surface area contributed by atoms with Gasteiger partial charge in [-0.2, -0.15) is 0 Å². The molecule has 0 aromatic heterocycles. The number of hydrogen-bond acceptors (Lipinski definition) is 4. The van der Waals surface area contributed by atoms with Crippen molar-refractivity contribution in [3.8, 4) is 5.75 Å². The van der Waals surface area contributed by atoms with Crippen LogP contribution in [-0.2, 0) is 0 Å². The van der Waals surface area contributed by atoms with Crippen LogP contribution in [0.2, 0.25) is 0 Å². The summed E-state index contributed by atoms with van der Waals surface area (Å²) in [7, 11) is 1.50. The van der Waals surface area contributed by atoms with Crippen LogP contribution in [0.15, 0.2) is 18.2 Å². The lowest BCUT2D eigenvalue weighted by Crippen LogP contribution is -2.44. The third kappa shape index (κ3) is 3.42. The van der Waals surface area contributed by atoms with E-state index >= 15 is 0 Å². The Morgan fingerprint density at radius 3 is 2.75 bits per heavy atom. The van der Waals surface area contributed by atoms with Gasteiger partial charge >= 0.3 is 0 Å². The van der Waals surface area contributed by atoms with E-state index < -0.39 is 5.60 Å². The topological polar surface area (TPSA) is 84.6 Å². The zero-order valence-electron chi connectivity index (χ0n) is 11.8. The highest BCUT2D eigenvalue weighted by molar-refractivity contribution is 5.97. The number of rotatable bonds is 4. The summed E-state index contributed by atoms with van der Waals surface area (Å²) >= 11 is 0. The van der Waals surface area contributed by atoms with Crippen molar-refractivity contribution in [2.24, 2.45) is 0 Å². The fraction of sp³-hybridized carbons (Fsp3) is 0.533. The molecule has 1 aromatic rings. The van der Waals surface area contributed by atoms with Crippen LogP contribution in [0.4, 0.5) is 5.69 Å². The van der Waals surface area contributed by atoms with Crippen LogP contribution in [0.3, 0.4) is 0 Å². The number of amides is 1. The molecule has 0 unspecified atom stereocenters. The van der Waals surface area contributed by atoms with E-state index in [-0.39, 0.29) is 12.5 Å². The molecule has 0 spiro atoms. The van der Waals surface area contributed by atoms with Gasteiger partial charge in [0, 0.05) is 18.3 Å². The Labute approximate surface area is 119 Å². The Balaban J connectivity index is 2.01. The summed E-state index contributed by atoms with van der Waals surface area (Å²) in [4.78, 5) is 12.2. The predicted octanol–water partition coefficient (Wildman–Crippen LogP) is 1.70. The fourth-order valence-electron chi connectivity index (χ4n) is 2.62. The Hall–Kier alpha value is -1.75. The number of anilines is 1. The first kappa shape index (κ1) is 14.7. The molecule has 0 saturated heterocycles. The second kappa shape index (κ2) is 6.13. The molecule has 110 valence electrons. The molecule has 5 heteroatoms. The van der Waals surface area contributed by atoms with Gasteiger partial charge < -0.3 is 20.9 Å². The number of aliphatic hydroxyl groups is 1. The average molecular weight is 278 g/mol. The van der Waals surface area contributed by atoms with E-state index in [0.29, 0.717) is 17.0 Å². The maximum Gasteiger partial charge on any atom is 0.255 e. The van der Waals surface area contributed by atoms with E-state index in [9.17, 15) is 9.90 Å². The van der Waals surface area contributed by atoms with Gasteiger partial charge in [0.1, 0.15) is 5.75 Å². The number of nitrogen functional groups attached to an aromatic ring is 1. The zero-order chi connectivity index (χ0) is 14.6. The van der Waals surface area contributed by atoms with Crippen LogP contribution in [0.5, 0.6) is 5.75 Å². The SMILES string of the molecule is COc1cc(N)ccc1C(=O)NCC1(O)CCCCC1. The number of methoxy groups -OCH3 is 1. The lowest BCUT2D eigenvalue weighted by atomic mass is 9.85. The molecule has 0 aliphatic heterocycles. The van der Waals surface area contributed by atoms with Gasteiger partial charge in [-0.3, -0.25) is 4.79 Å². The van der Waals surface area contributed by atoms with Crippen molar-refractivity contribution in [2.75, 3.05) is 19.4 Å². The molecule has 1 fully saturated rings. The number of carbonyl (C=O) groups is 1. The summed E-state index contributed by atoms with van der Waals surface area (Å²) in [6, 6.07) is 4.91. The Morgan fingerprint density at radius 2 is 2.10 bits per heavy atom. The normalized spacial score (nSPS) is 17.5. The van der Waals surface area contributed by atoms with Gasteiger partial charge in [-0.15, -0.1) is 0 Å². The van der Waals surface area contributed by atoms with E-state index in [4.69, 9.17) is 10.5 Å². The van der Waals surface area contributed by atoms with Gasteiger partial charge in [0.25, 0.3) is 5.91 Å². The van der Waals surface area contributed by atoms with Gasteiger partial charge in [-0.1, -0.05) is 19.3 Å². The van der Waals surface area contributed by atoms with Gasteiger partial charge in [-0.25, -0.2) is 0 Å². The maximum absolute atomic E-state index is 12.2. The molecule has 1 aromatic carbocycles. The monoisotopic (exact) mass is 278 g/mol. The fourth-order valence-corrected chi connectivity index (χ4v) is 2.62. The van der Waals surface area contributed by atoms with Gasteiger partial charge in [0.15, 0.2) is 0 Å². The minimum absolute atomic E-state index is 0.249. The molecule has 1 aliphatic carbocycles. The van der Waals surface area contributed by atoms with Gasteiger partial charge in [-0.05, 0) is 25.0 Å². The molecule has 0 atom stereocenters. The first-order chi connectivity index (χ1) is 9.54. The Morgan fingerprint density at radius 1 is 1.40 bits per heavy atom. The van der Waals surface area contributed by atoms with Crippen molar-refractivity contribution in [3.05, 3.63) is 23.8 Å². The highest BCUT2D eigenvalue weighted by Gasteiger charge is 2.29. The summed E-state index contributed by atoms with van der Waals surface area (Å²) in [5.74, 6) is 0.194. The lowest BCUT2D eigenvalue weighted by Gasteiger charge is -2.32. The number of benzene rings is 1. The first-order valence-electron chi connectivity index (χ1n) is 6.98. The van der Waals surface area contributed by atoms with Crippen LogP contribution in [0.25, 0.3) is 0 Å². The summed E-state index contributed by atoms with van der Waals surface area (Å²) < 4.78 is 5.16. The van der Waals surface area contributed by atoms with Crippen LogP contribution >= 0.6 is 0 Å². The summed E-state index contributed by atoms with van der Waals surface area (Å²) in [5, 5.41) is 13.2. The van der Waals surface area contributed by atoms with Gasteiger partial charge in [0.2, 0.25) is 0 Å². The van der Waals surface area contributed by atoms with Crippen LogP contribution in [-0.4, -0.2) is 30.3 Å². The van der Waals surface area contributed by atoms with E-state index in [0.717, 1.165) is 32.1 Å². The number of nitrogens with two attached hydrogens (primary N) is 1. The molecular formula is C15H22N2O3. The minimum atomic E-state index is -0.769. The third-order valence-electron chi connectivity index (χ3n) is 3.83. The van der Waals surface area contributed by atoms with Crippen LogP contribution < -0.4 is 15.8 Å². The second-order valence-corrected chi connectivity index (χ2v) is 5.43. The van der Waals surface area contributed by atoms with Crippen molar-refractivity contribution >= 4 is 11.6 Å². The van der Waals surface area contributed by atoms with Crippen molar-refractivity contribution < 1.29 is 14.6 Å². The summed E-state index contributed by atoms with van der Waals surface area (Å²) in [6.07, 6.45) is 4.66. The van der Waals surface area contributed by atoms with Crippen molar-refractivity contribution in [3.63, 3.8) is 0 Å². The molecule has 5 nitrogen and oxygen atoms in total. The molecule has 20 heavy (non-hydrogen) atoms. The zero-order valence-corrected chi connectivity index (χ0v) is 11.8. The number of ether oxygens (including phenoxy) is 1. The molecule has 0 radical (unpaired) electrons. The molecule has 1 aliphatic rings. The van der Waals surface area contributed by atoms with Crippen molar-refractivity contribution in [2.45, 2.75) is 37.7 Å². The molecule has 0 bridgehead atoms. The molecule has 1 amide bonds. The Kier molecular flexibility index (Phi) is 4.49. The quantitative estimate of drug-likeness (QED) is 0.732. The lowest BCUT2D eigenvalue weighted by molar-refractivity contribution is 0.00523. The number of nitrogens with one attached hydrogen (secondary N) is 1. The average Bonchev–Trinajstić information content (AvgIpc) is 2.45. The maximum atomic E-state index is 12.2. The molecular weight excluding hydrogens is 256 g/mol. The second-order valence-electron chi connectivity index (χ2n) is 5.43. The van der Waals surface area contributed by atoms with Crippen LogP contribution in [0, 0.1) is 0 Å². The van der Waals surface area contributed by atoms with E-state index in [2.05, 4.69) is 5.32 Å². The molecule has 2 rings (SSSR count). The highest BCUT2D eigenvalue weighted by atomic mass is 16.5. The number of hydrogen-bond donors (Lipinski definition) is 3. The number of carbonyl (C=O) groups excluding carboxylic acids is 1. The van der Waals surface area contributed by atoms with E-state index in [1.54, 1.807) is 18.2 Å².